The van der Waals surface area contributed by atoms with E-state index in [9.17, 15) is 18.8 Å². The monoisotopic (exact) mass is 637 g/mol. The number of carbonyl (C=O) groups is 3. The summed E-state index contributed by atoms with van der Waals surface area (Å²) in [6.07, 6.45) is 2.90. The number of fused-ring (bicyclic) bond motifs is 1. The van der Waals surface area contributed by atoms with Gasteiger partial charge in [-0.25, -0.2) is 4.39 Å². The van der Waals surface area contributed by atoms with E-state index in [4.69, 9.17) is 11.6 Å². The summed E-state index contributed by atoms with van der Waals surface area (Å²) in [6, 6.07) is 9.54. The van der Waals surface area contributed by atoms with Crippen molar-refractivity contribution in [3.63, 3.8) is 0 Å². The molecule has 1 saturated heterocycles. The first-order chi connectivity index (χ1) is 17.3. The van der Waals surface area contributed by atoms with Gasteiger partial charge in [-0.2, -0.15) is 0 Å². The second kappa shape index (κ2) is 11.7. The molecule has 1 aromatic heterocycles. The molecule has 2 aromatic carbocycles. The van der Waals surface area contributed by atoms with Gasteiger partial charge in [0.25, 0.3) is 0 Å². The molecule has 0 radical (unpaired) electrons. The van der Waals surface area contributed by atoms with Crippen LogP contribution in [0.2, 0.25) is 5.02 Å². The topological polar surface area (TPSA) is 71.4 Å². The van der Waals surface area contributed by atoms with Crippen LogP contribution < -0.4 is 5.32 Å². The number of hydrogen-bond acceptors (Lipinski definition) is 4. The Morgan fingerprint density at radius 1 is 1.28 bits per heavy atom. The summed E-state index contributed by atoms with van der Waals surface area (Å²) < 4.78 is 15.9. The van der Waals surface area contributed by atoms with Crippen molar-refractivity contribution in [2.75, 3.05) is 6.54 Å². The lowest BCUT2D eigenvalue weighted by Gasteiger charge is -2.24. The number of carbonyl (C=O) groups excluding carboxylic acids is 3. The summed E-state index contributed by atoms with van der Waals surface area (Å²) >= 11 is 7.91. The Balaban J connectivity index is 1.51. The van der Waals surface area contributed by atoms with Crippen LogP contribution >= 0.6 is 41.7 Å². The molecule has 0 bridgehead atoms. The van der Waals surface area contributed by atoms with Crippen molar-refractivity contribution in [1.29, 1.82) is 0 Å². The van der Waals surface area contributed by atoms with E-state index in [0.29, 0.717) is 24.9 Å². The highest BCUT2D eigenvalue weighted by Crippen LogP contribution is 2.25. The summed E-state index contributed by atoms with van der Waals surface area (Å²) in [6.45, 7) is 1.92. The zero-order valence-electron chi connectivity index (χ0n) is 19.3. The Bertz CT molecular complexity index is 1410. The highest BCUT2D eigenvalue weighted by molar-refractivity contribution is 14.2. The summed E-state index contributed by atoms with van der Waals surface area (Å²) in [5, 5.41) is 6.39. The maximum Gasteiger partial charge on any atom is 0.243 e. The second-order valence-corrected chi connectivity index (χ2v) is 10.5. The Hall–Kier alpha value is -2.55. The number of nitrogens with one attached hydrogen (secondary N) is 1. The van der Waals surface area contributed by atoms with Crippen molar-refractivity contribution < 1.29 is 18.8 Å². The Morgan fingerprint density at radius 2 is 2.08 bits per heavy atom. The van der Waals surface area contributed by atoms with Crippen LogP contribution in [0.5, 0.6) is 0 Å². The summed E-state index contributed by atoms with van der Waals surface area (Å²) in [5.41, 5.74) is 2.33. The van der Waals surface area contributed by atoms with E-state index in [2.05, 4.69) is 37.7 Å². The van der Waals surface area contributed by atoms with Crippen LogP contribution in [0.25, 0.3) is 10.9 Å². The van der Waals surface area contributed by atoms with Crippen LogP contribution in [0, 0.1) is 17.0 Å². The number of amides is 2. The molecule has 1 atom stereocenters. The van der Waals surface area contributed by atoms with Crippen LogP contribution in [0.3, 0.4) is 0 Å². The van der Waals surface area contributed by atoms with E-state index in [-0.39, 0.29) is 41.3 Å². The average molecular weight is 638 g/mol. The van der Waals surface area contributed by atoms with Crippen molar-refractivity contribution in [2.45, 2.75) is 38.9 Å². The third-order valence-electron chi connectivity index (χ3n) is 6.16. The van der Waals surface area contributed by atoms with Gasteiger partial charge in [0.2, 0.25) is 11.8 Å². The SMILES string of the molecule is CC(=O)c1cn(CC(=O)N2CCCC2C(=O)NCc2cccc(Cl)c2F)c2ccc(C#CSI)cc12. The lowest BCUT2D eigenvalue weighted by Crippen LogP contribution is -2.46. The van der Waals surface area contributed by atoms with Crippen LogP contribution in [0.1, 0.15) is 41.3 Å². The number of nitrogens with zero attached hydrogens (tertiary/aromatic N) is 2. The number of ketones is 1. The van der Waals surface area contributed by atoms with Gasteiger partial charge in [-0.15, -0.1) is 0 Å². The number of likely N-dealkylation sites (tertiary alicyclic amines) is 1. The third-order valence-corrected chi connectivity index (χ3v) is 7.29. The lowest BCUT2D eigenvalue weighted by molar-refractivity contribution is -0.138. The van der Waals surface area contributed by atoms with Gasteiger partial charge in [-0.1, -0.05) is 29.7 Å². The predicted molar refractivity (Wildman–Crippen MR) is 148 cm³/mol. The zero-order valence-corrected chi connectivity index (χ0v) is 23.0. The molecule has 3 aromatic rings. The number of aromatic nitrogens is 1. The molecular formula is C26H22ClFIN3O3S. The van der Waals surface area contributed by atoms with Crippen molar-refractivity contribution in [1.82, 2.24) is 14.8 Å². The minimum atomic E-state index is -0.637. The number of benzene rings is 2. The maximum absolute atomic E-state index is 14.2. The van der Waals surface area contributed by atoms with E-state index in [0.717, 1.165) is 16.5 Å². The van der Waals surface area contributed by atoms with Crippen molar-refractivity contribution in [3.8, 4) is 11.2 Å². The summed E-state index contributed by atoms with van der Waals surface area (Å²) in [5.74, 6) is 1.80. The van der Waals surface area contributed by atoms with E-state index in [1.54, 1.807) is 27.8 Å². The Morgan fingerprint density at radius 3 is 2.83 bits per heavy atom. The number of hydrogen-bond donors (Lipinski definition) is 1. The van der Waals surface area contributed by atoms with E-state index in [1.807, 2.05) is 18.2 Å². The fourth-order valence-corrected chi connectivity index (χ4v) is 5.10. The molecule has 1 aliphatic heterocycles. The molecule has 2 heterocycles. The molecule has 1 N–H and O–H groups in total. The molecular weight excluding hydrogens is 616 g/mol. The first-order valence-electron chi connectivity index (χ1n) is 11.2. The van der Waals surface area contributed by atoms with Crippen LogP contribution in [0.4, 0.5) is 4.39 Å². The molecule has 36 heavy (non-hydrogen) atoms. The lowest BCUT2D eigenvalue weighted by atomic mass is 10.1. The number of Topliss-reactive ketones (excluding diaryl/α,β-unsaturated/α-hetero) is 1. The molecule has 1 unspecified atom stereocenters. The Kier molecular flexibility index (Phi) is 8.59. The zero-order chi connectivity index (χ0) is 25.8. The van der Waals surface area contributed by atoms with Crippen molar-refractivity contribution in [2.24, 2.45) is 0 Å². The molecule has 4 rings (SSSR count). The van der Waals surface area contributed by atoms with Crippen molar-refractivity contribution >= 4 is 70.2 Å². The molecule has 0 aliphatic carbocycles. The van der Waals surface area contributed by atoms with E-state index < -0.39 is 11.9 Å². The second-order valence-electron chi connectivity index (χ2n) is 8.44. The smallest absolute Gasteiger partial charge is 0.243 e. The standard InChI is InChI=1S/C26H22ClFIN3O3S/c1-16(33)20-14-31(22-8-7-17(9-11-36-29)12-19(20)22)15-24(34)32-10-3-6-23(32)26(35)30-13-18-4-2-5-21(27)25(18)28/h2,4-5,7-8,12,14,23H,3,6,10,13,15H2,1H3,(H,30,35). The normalized spacial score (nSPS) is 15.0. The highest BCUT2D eigenvalue weighted by Gasteiger charge is 2.34. The van der Waals surface area contributed by atoms with Gasteiger partial charge in [-0.3, -0.25) is 14.4 Å². The molecule has 186 valence electrons. The van der Waals surface area contributed by atoms with Crippen LogP contribution in [-0.2, 0) is 22.7 Å². The van der Waals surface area contributed by atoms with Gasteiger partial charge >= 0.3 is 0 Å². The van der Waals surface area contributed by atoms with Gasteiger partial charge in [0.05, 0.1) is 5.02 Å². The fourth-order valence-electron chi connectivity index (χ4n) is 4.42. The first-order valence-corrected chi connectivity index (χ1v) is 15.0. The largest absolute Gasteiger partial charge is 0.350 e. The maximum atomic E-state index is 14.2. The molecule has 10 heteroatoms. The number of halogens is 3. The van der Waals surface area contributed by atoms with Crippen LogP contribution in [-0.4, -0.2) is 39.7 Å². The number of rotatable bonds is 6. The molecule has 1 aliphatic rings. The van der Waals surface area contributed by atoms with Gasteiger partial charge < -0.3 is 14.8 Å². The minimum Gasteiger partial charge on any atom is -0.350 e. The van der Waals surface area contributed by atoms with Crippen molar-refractivity contribution in [3.05, 3.63) is 70.1 Å². The van der Waals surface area contributed by atoms with Gasteiger partial charge in [0.1, 0.15) is 18.4 Å². The minimum absolute atomic E-state index is 0.00800. The fraction of sp³-hybridized carbons (Fsp3) is 0.269. The highest BCUT2D eigenvalue weighted by atomic mass is 127. The molecule has 1 fully saturated rings. The average Bonchev–Trinajstić information content (AvgIpc) is 3.49. The van der Waals surface area contributed by atoms with E-state index >= 15 is 0 Å². The van der Waals surface area contributed by atoms with E-state index in [1.165, 1.54) is 21.9 Å². The first kappa shape index (κ1) is 26.5. The van der Waals surface area contributed by atoms with Gasteiger partial charge in [-0.05, 0) is 58.2 Å². The van der Waals surface area contributed by atoms with Gasteiger partial charge in [0, 0.05) is 68.1 Å². The Labute approximate surface area is 229 Å². The quantitative estimate of drug-likeness (QED) is 0.225. The molecule has 0 spiro atoms. The summed E-state index contributed by atoms with van der Waals surface area (Å²) in [7, 11) is 1.38. The molecule has 0 saturated carbocycles. The molecule has 6 nitrogen and oxygen atoms in total. The predicted octanol–water partition coefficient (Wildman–Crippen LogP) is 5.34. The van der Waals surface area contributed by atoms with Crippen LogP contribution in [0.15, 0.2) is 42.6 Å². The third kappa shape index (κ3) is 5.71. The van der Waals surface area contributed by atoms with Gasteiger partial charge in [0.15, 0.2) is 5.78 Å². The summed E-state index contributed by atoms with van der Waals surface area (Å²) in [4.78, 5) is 40.0. The molecule has 2 amide bonds.